The Morgan fingerprint density at radius 1 is 1.29 bits per heavy atom. The van der Waals surface area contributed by atoms with Crippen molar-refractivity contribution in [1.82, 2.24) is 19.4 Å². The minimum Gasteiger partial charge on any atom is -0.342 e. The maximum atomic E-state index is 13.5. The highest BCUT2D eigenvalue weighted by molar-refractivity contribution is 5.79. The molecule has 1 amide bonds. The van der Waals surface area contributed by atoms with Crippen LogP contribution in [0.3, 0.4) is 0 Å². The first-order valence-corrected chi connectivity index (χ1v) is 10.1. The Labute approximate surface area is 167 Å². The molecule has 2 heterocycles. The summed E-state index contributed by atoms with van der Waals surface area (Å²) in [7, 11) is 4.18. The van der Waals surface area contributed by atoms with Gasteiger partial charge < -0.3 is 14.4 Å². The molecular formula is C22H31FN4O. The summed E-state index contributed by atoms with van der Waals surface area (Å²) in [5, 5.41) is 0. The summed E-state index contributed by atoms with van der Waals surface area (Å²) in [6.45, 7) is 5.44. The number of aromatic nitrogens is 2. The van der Waals surface area contributed by atoms with Crippen LogP contribution >= 0.6 is 0 Å². The average molecular weight is 387 g/mol. The van der Waals surface area contributed by atoms with E-state index in [-0.39, 0.29) is 18.1 Å². The van der Waals surface area contributed by atoms with Crippen molar-refractivity contribution in [3.8, 4) is 0 Å². The van der Waals surface area contributed by atoms with Crippen LogP contribution in [0.4, 0.5) is 4.39 Å². The number of likely N-dealkylation sites (tertiary alicyclic amines) is 1. The molecule has 152 valence electrons. The van der Waals surface area contributed by atoms with Gasteiger partial charge in [0.1, 0.15) is 11.6 Å². The number of hydrogen-bond acceptors (Lipinski definition) is 3. The summed E-state index contributed by atoms with van der Waals surface area (Å²) in [5.41, 5.74) is 1.74. The summed E-state index contributed by atoms with van der Waals surface area (Å²) in [4.78, 5) is 21.4. The summed E-state index contributed by atoms with van der Waals surface area (Å²) in [6.07, 6.45) is 7.18. The van der Waals surface area contributed by atoms with Crippen molar-refractivity contribution in [2.75, 3.05) is 33.7 Å². The minimum absolute atomic E-state index is 0.0847. The van der Waals surface area contributed by atoms with Gasteiger partial charge in [-0.3, -0.25) is 4.79 Å². The molecule has 0 atom stereocenters. The van der Waals surface area contributed by atoms with E-state index in [9.17, 15) is 9.18 Å². The van der Waals surface area contributed by atoms with E-state index in [0.29, 0.717) is 5.92 Å². The Balaban J connectivity index is 1.54. The normalized spacial score (nSPS) is 15.4. The van der Waals surface area contributed by atoms with E-state index in [1.54, 1.807) is 6.07 Å². The van der Waals surface area contributed by atoms with Crippen molar-refractivity contribution >= 4 is 5.91 Å². The SMILES string of the molecule is Cc1ccc(F)cc1CC(=O)N1CCC(c2nccn2CCCN(C)C)CC1. The molecule has 0 unspecified atom stereocenters. The van der Waals surface area contributed by atoms with E-state index in [1.165, 1.54) is 12.1 Å². The van der Waals surface area contributed by atoms with Crippen LogP contribution in [0.25, 0.3) is 0 Å². The molecule has 0 spiro atoms. The lowest BCUT2D eigenvalue weighted by Crippen LogP contribution is -2.39. The van der Waals surface area contributed by atoms with E-state index < -0.39 is 0 Å². The van der Waals surface area contributed by atoms with Gasteiger partial charge in [-0.25, -0.2) is 9.37 Å². The maximum absolute atomic E-state index is 13.5. The van der Waals surface area contributed by atoms with Gasteiger partial charge in [-0.2, -0.15) is 0 Å². The van der Waals surface area contributed by atoms with Crippen LogP contribution in [0.5, 0.6) is 0 Å². The molecule has 0 N–H and O–H groups in total. The summed E-state index contributed by atoms with van der Waals surface area (Å²) in [5.74, 6) is 1.34. The number of benzene rings is 1. The van der Waals surface area contributed by atoms with Crippen LogP contribution in [0.15, 0.2) is 30.6 Å². The van der Waals surface area contributed by atoms with Gasteiger partial charge in [0.25, 0.3) is 0 Å². The van der Waals surface area contributed by atoms with Gasteiger partial charge in [-0.1, -0.05) is 6.07 Å². The number of aryl methyl sites for hydroxylation is 2. The van der Waals surface area contributed by atoms with Gasteiger partial charge in [0.15, 0.2) is 0 Å². The molecule has 1 aliphatic rings. The molecule has 28 heavy (non-hydrogen) atoms. The van der Waals surface area contributed by atoms with Gasteiger partial charge >= 0.3 is 0 Å². The van der Waals surface area contributed by atoms with E-state index in [0.717, 1.165) is 62.4 Å². The predicted molar refractivity (Wildman–Crippen MR) is 109 cm³/mol. The number of rotatable bonds is 7. The molecule has 1 fully saturated rings. The zero-order valence-electron chi connectivity index (χ0n) is 17.2. The van der Waals surface area contributed by atoms with Crippen LogP contribution < -0.4 is 0 Å². The fourth-order valence-corrected chi connectivity index (χ4v) is 3.92. The first-order valence-electron chi connectivity index (χ1n) is 10.1. The van der Waals surface area contributed by atoms with Crippen molar-refractivity contribution in [3.63, 3.8) is 0 Å². The highest BCUT2D eigenvalue weighted by Gasteiger charge is 2.26. The number of carbonyl (C=O) groups is 1. The Bertz CT molecular complexity index is 794. The summed E-state index contributed by atoms with van der Waals surface area (Å²) in [6, 6.07) is 4.65. The first kappa shape index (κ1) is 20.5. The molecule has 1 aromatic heterocycles. The van der Waals surface area contributed by atoms with Crippen molar-refractivity contribution in [2.45, 2.75) is 45.1 Å². The Morgan fingerprint density at radius 3 is 2.75 bits per heavy atom. The number of amides is 1. The molecule has 5 nitrogen and oxygen atoms in total. The van der Waals surface area contributed by atoms with Crippen molar-refractivity contribution in [3.05, 3.63) is 53.4 Å². The molecule has 0 radical (unpaired) electrons. The van der Waals surface area contributed by atoms with Crippen LogP contribution in [-0.4, -0.2) is 59.0 Å². The van der Waals surface area contributed by atoms with Crippen molar-refractivity contribution < 1.29 is 9.18 Å². The van der Waals surface area contributed by atoms with Gasteiger partial charge in [0, 0.05) is 37.9 Å². The molecule has 0 aliphatic carbocycles. The second-order valence-corrected chi connectivity index (χ2v) is 8.04. The summed E-state index contributed by atoms with van der Waals surface area (Å²) >= 11 is 0. The van der Waals surface area contributed by atoms with E-state index in [4.69, 9.17) is 0 Å². The molecular weight excluding hydrogens is 355 g/mol. The molecule has 1 saturated heterocycles. The Hall–Kier alpha value is -2.21. The number of hydrogen-bond donors (Lipinski definition) is 0. The van der Waals surface area contributed by atoms with Crippen LogP contribution in [0.1, 0.15) is 42.1 Å². The molecule has 6 heteroatoms. The predicted octanol–water partition coefficient (Wildman–Crippen LogP) is 3.23. The fourth-order valence-electron chi connectivity index (χ4n) is 3.92. The Morgan fingerprint density at radius 2 is 2.04 bits per heavy atom. The van der Waals surface area contributed by atoms with E-state index >= 15 is 0 Å². The third-order valence-electron chi connectivity index (χ3n) is 5.62. The number of piperidine rings is 1. The number of nitrogens with zero attached hydrogens (tertiary/aromatic N) is 4. The lowest BCUT2D eigenvalue weighted by molar-refractivity contribution is -0.131. The Kier molecular flexibility index (Phi) is 6.83. The second-order valence-electron chi connectivity index (χ2n) is 8.04. The molecule has 2 aromatic rings. The van der Waals surface area contributed by atoms with Crippen molar-refractivity contribution in [1.29, 1.82) is 0 Å². The highest BCUT2D eigenvalue weighted by atomic mass is 19.1. The van der Waals surface area contributed by atoms with Crippen LogP contribution in [-0.2, 0) is 17.8 Å². The van der Waals surface area contributed by atoms with Gasteiger partial charge in [-0.05, 0) is 70.1 Å². The number of imidazole rings is 1. The van der Waals surface area contributed by atoms with Crippen LogP contribution in [0.2, 0.25) is 0 Å². The monoisotopic (exact) mass is 386 g/mol. The van der Waals surface area contributed by atoms with Crippen molar-refractivity contribution in [2.24, 2.45) is 0 Å². The molecule has 1 aromatic carbocycles. The van der Waals surface area contributed by atoms with Gasteiger partial charge in [0.2, 0.25) is 5.91 Å². The largest absolute Gasteiger partial charge is 0.342 e. The second kappa shape index (κ2) is 9.32. The lowest BCUT2D eigenvalue weighted by atomic mass is 9.95. The fraction of sp³-hybridized carbons (Fsp3) is 0.545. The van der Waals surface area contributed by atoms with E-state index in [2.05, 4.69) is 34.7 Å². The topological polar surface area (TPSA) is 41.4 Å². The van der Waals surface area contributed by atoms with E-state index in [1.807, 2.05) is 18.0 Å². The average Bonchev–Trinajstić information content (AvgIpc) is 3.13. The molecule has 3 rings (SSSR count). The van der Waals surface area contributed by atoms with Gasteiger partial charge in [0.05, 0.1) is 6.42 Å². The van der Waals surface area contributed by atoms with Gasteiger partial charge in [-0.15, -0.1) is 0 Å². The molecule has 0 bridgehead atoms. The standard InChI is InChI=1S/C22H31FN4O/c1-17-5-6-20(23)15-19(17)16-21(28)26-12-7-18(8-13-26)22-24-9-14-27(22)11-4-10-25(2)3/h5-6,9,14-15,18H,4,7-8,10-13,16H2,1-3H3. The third-order valence-corrected chi connectivity index (χ3v) is 5.62. The van der Waals surface area contributed by atoms with Crippen LogP contribution in [0, 0.1) is 12.7 Å². The zero-order valence-corrected chi connectivity index (χ0v) is 17.2. The maximum Gasteiger partial charge on any atom is 0.227 e. The summed E-state index contributed by atoms with van der Waals surface area (Å²) < 4.78 is 15.7. The first-order chi connectivity index (χ1) is 13.4. The quantitative estimate of drug-likeness (QED) is 0.734. The number of carbonyl (C=O) groups excluding carboxylic acids is 1. The highest BCUT2D eigenvalue weighted by Crippen LogP contribution is 2.27. The minimum atomic E-state index is -0.284. The number of halogens is 1. The zero-order chi connectivity index (χ0) is 20.1. The smallest absolute Gasteiger partial charge is 0.227 e. The molecule has 0 saturated carbocycles. The lowest BCUT2D eigenvalue weighted by Gasteiger charge is -2.32. The molecule has 1 aliphatic heterocycles. The third kappa shape index (κ3) is 5.19.